The van der Waals surface area contributed by atoms with E-state index in [1.165, 1.54) is 36.3 Å². The lowest BCUT2D eigenvalue weighted by Gasteiger charge is -2.52. The summed E-state index contributed by atoms with van der Waals surface area (Å²) in [4.78, 5) is 26.1. The Bertz CT molecular complexity index is 646. The molecule has 1 aromatic rings. The molecule has 0 aromatic carbocycles. The summed E-state index contributed by atoms with van der Waals surface area (Å²) in [5.41, 5.74) is 2.66. The van der Waals surface area contributed by atoms with Crippen molar-refractivity contribution in [1.29, 1.82) is 0 Å². The molecule has 0 radical (unpaired) electrons. The molecule has 4 heterocycles. The van der Waals surface area contributed by atoms with Crippen molar-refractivity contribution < 1.29 is 4.79 Å². The monoisotopic (exact) mass is 312 g/mol. The van der Waals surface area contributed by atoms with Gasteiger partial charge in [-0.15, -0.1) is 0 Å². The van der Waals surface area contributed by atoms with Crippen LogP contribution in [-0.2, 0) is 17.6 Å². The van der Waals surface area contributed by atoms with Gasteiger partial charge in [-0.2, -0.15) is 0 Å². The third-order valence-electron chi connectivity index (χ3n) is 6.33. The number of aryl methyl sites for hydroxylation is 1. The van der Waals surface area contributed by atoms with E-state index < -0.39 is 0 Å². The number of rotatable bonds is 1. The van der Waals surface area contributed by atoms with E-state index in [1.807, 2.05) is 0 Å². The fourth-order valence-corrected chi connectivity index (χ4v) is 5.40. The maximum absolute atomic E-state index is 12.3. The lowest BCUT2D eigenvalue weighted by atomic mass is 9.76. The molecule has 5 nitrogen and oxygen atoms in total. The second kappa shape index (κ2) is 5.18. The highest BCUT2D eigenvalue weighted by atomic mass is 16.2. The Balaban J connectivity index is 1.44. The van der Waals surface area contributed by atoms with E-state index in [2.05, 4.69) is 19.8 Å². The molecular formula is C18H24N4O. The molecule has 2 bridgehead atoms. The highest BCUT2D eigenvalue weighted by Crippen LogP contribution is 2.40. The quantitative estimate of drug-likeness (QED) is 0.793. The van der Waals surface area contributed by atoms with Crippen molar-refractivity contribution >= 4 is 11.7 Å². The lowest BCUT2D eigenvalue weighted by molar-refractivity contribution is -0.142. The minimum atomic E-state index is 0.396. The molecule has 3 aliphatic heterocycles. The first kappa shape index (κ1) is 13.8. The third kappa shape index (κ3) is 2.16. The van der Waals surface area contributed by atoms with E-state index >= 15 is 0 Å². The number of aromatic nitrogens is 2. The Morgan fingerprint density at radius 1 is 1.04 bits per heavy atom. The van der Waals surface area contributed by atoms with Gasteiger partial charge in [-0.25, -0.2) is 9.97 Å². The smallest absolute Gasteiger partial charge is 0.222 e. The molecule has 3 atom stereocenters. The van der Waals surface area contributed by atoms with Crippen molar-refractivity contribution in [2.45, 2.75) is 51.0 Å². The summed E-state index contributed by atoms with van der Waals surface area (Å²) in [5.74, 6) is 2.82. The first-order chi connectivity index (χ1) is 11.3. The number of fused-ring (bicyclic) bond motifs is 5. The molecule has 1 aliphatic carbocycles. The molecule has 0 spiro atoms. The van der Waals surface area contributed by atoms with E-state index in [4.69, 9.17) is 0 Å². The first-order valence-electron chi connectivity index (χ1n) is 9.17. The van der Waals surface area contributed by atoms with Crippen LogP contribution in [0.2, 0.25) is 0 Å². The van der Waals surface area contributed by atoms with Gasteiger partial charge in [0.2, 0.25) is 5.91 Å². The predicted octanol–water partition coefficient (Wildman–Crippen LogP) is 1.80. The molecule has 5 rings (SSSR count). The number of amides is 1. The minimum Gasteiger partial charge on any atom is -0.356 e. The summed E-state index contributed by atoms with van der Waals surface area (Å²) < 4.78 is 0. The summed E-state index contributed by atoms with van der Waals surface area (Å²) in [6.07, 6.45) is 9.52. The Morgan fingerprint density at radius 2 is 2.00 bits per heavy atom. The van der Waals surface area contributed by atoms with Gasteiger partial charge in [0.1, 0.15) is 12.1 Å². The van der Waals surface area contributed by atoms with Gasteiger partial charge >= 0.3 is 0 Å². The van der Waals surface area contributed by atoms with Crippen LogP contribution >= 0.6 is 0 Å². The SMILES string of the molecule is O=C1CCC[C@H]2[C@@H]3C[C@@H](CN(c4ncnc5c4CCC5)C3)CN12. The summed E-state index contributed by atoms with van der Waals surface area (Å²) in [5, 5.41) is 0. The molecule has 0 saturated carbocycles. The van der Waals surface area contributed by atoms with Crippen LogP contribution in [0.15, 0.2) is 6.33 Å². The minimum absolute atomic E-state index is 0.396. The van der Waals surface area contributed by atoms with Crippen LogP contribution in [0.4, 0.5) is 5.82 Å². The second-order valence-corrected chi connectivity index (χ2v) is 7.75. The van der Waals surface area contributed by atoms with Crippen LogP contribution in [0.3, 0.4) is 0 Å². The van der Waals surface area contributed by atoms with Crippen molar-refractivity contribution in [3.8, 4) is 0 Å². The normalized spacial score (nSPS) is 32.7. The van der Waals surface area contributed by atoms with Crippen molar-refractivity contribution in [2.75, 3.05) is 24.5 Å². The Hall–Kier alpha value is -1.65. The number of carbonyl (C=O) groups excluding carboxylic acids is 1. The van der Waals surface area contributed by atoms with Gasteiger partial charge in [0.25, 0.3) is 0 Å². The number of hydrogen-bond acceptors (Lipinski definition) is 4. The van der Waals surface area contributed by atoms with Gasteiger partial charge in [0.15, 0.2) is 0 Å². The van der Waals surface area contributed by atoms with Crippen molar-refractivity contribution in [3.63, 3.8) is 0 Å². The molecule has 5 heteroatoms. The van der Waals surface area contributed by atoms with Gasteiger partial charge in [-0.3, -0.25) is 4.79 Å². The molecule has 23 heavy (non-hydrogen) atoms. The number of hydrogen-bond donors (Lipinski definition) is 0. The van der Waals surface area contributed by atoms with E-state index in [0.29, 0.717) is 23.8 Å². The zero-order chi connectivity index (χ0) is 15.4. The van der Waals surface area contributed by atoms with Crippen molar-refractivity contribution in [2.24, 2.45) is 11.8 Å². The first-order valence-corrected chi connectivity index (χ1v) is 9.17. The largest absolute Gasteiger partial charge is 0.356 e. The van der Waals surface area contributed by atoms with E-state index in [1.54, 1.807) is 6.33 Å². The van der Waals surface area contributed by atoms with Crippen LogP contribution in [0.5, 0.6) is 0 Å². The Labute approximate surface area is 137 Å². The van der Waals surface area contributed by atoms with Gasteiger partial charge in [-0.1, -0.05) is 0 Å². The van der Waals surface area contributed by atoms with Crippen LogP contribution in [0, 0.1) is 11.8 Å². The van der Waals surface area contributed by atoms with Crippen LogP contribution < -0.4 is 4.90 Å². The average Bonchev–Trinajstić information content (AvgIpc) is 3.04. The van der Waals surface area contributed by atoms with Gasteiger partial charge in [-0.05, 0) is 50.4 Å². The summed E-state index contributed by atoms with van der Waals surface area (Å²) >= 11 is 0. The summed E-state index contributed by atoms with van der Waals surface area (Å²) in [6, 6.07) is 0.477. The molecular weight excluding hydrogens is 288 g/mol. The maximum atomic E-state index is 12.3. The topological polar surface area (TPSA) is 49.3 Å². The highest BCUT2D eigenvalue weighted by molar-refractivity contribution is 5.77. The fraction of sp³-hybridized carbons (Fsp3) is 0.722. The summed E-state index contributed by atoms with van der Waals surface area (Å²) in [6.45, 7) is 3.08. The van der Waals surface area contributed by atoms with Gasteiger partial charge in [0, 0.05) is 43.4 Å². The summed E-state index contributed by atoms with van der Waals surface area (Å²) in [7, 11) is 0. The molecule has 3 saturated heterocycles. The fourth-order valence-electron chi connectivity index (χ4n) is 5.40. The highest BCUT2D eigenvalue weighted by Gasteiger charge is 2.44. The van der Waals surface area contributed by atoms with E-state index in [0.717, 1.165) is 45.3 Å². The molecule has 3 fully saturated rings. The molecule has 0 N–H and O–H groups in total. The molecule has 1 amide bonds. The van der Waals surface area contributed by atoms with Gasteiger partial charge < -0.3 is 9.80 Å². The maximum Gasteiger partial charge on any atom is 0.222 e. The van der Waals surface area contributed by atoms with Crippen LogP contribution in [0.25, 0.3) is 0 Å². The lowest BCUT2D eigenvalue weighted by Crippen LogP contribution is -2.60. The standard InChI is InChI=1S/C18H24N4O/c23-17-6-2-5-16-13-7-12(9-22(16)17)8-21(10-13)18-14-3-1-4-15(14)19-11-20-18/h11-13,16H,1-10H2/t12-,13+,16-/m0/s1. The van der Waals surface area contributed by atoms with E-state index in [-0.39, 0.29) is 0 Å². The number of anilines is 1. The Morgan fingerprint density at radius 3 is 2.96 bits per heavy atom. The average molecular weight is 312 g/mol. The van der Waals surface area contributed by atoms with Crippen molar-refractivity contribution in [3.05, 3.63) is 17.6 Å². The number of nitrogens with zero attached hydrogens (tertiary/aromatic N) is 4. The molecule has 1 aromatic heterocycles. The molecule has 4 aliphatic rings. The van der Waals surface area contributed by atoms with Gasteiger partial charge in [0.05, 0.1) is 0 Å². The van der Waals surface area contributed by atoms with E-state index in [9.17, 15) is 4.79 Å². The Kier molecular flexibility index (Phi) is 3.10. The van der Waals surface area contributed by atoms with Crippen molar-refractivity contribution in [1.82, 2.24) is 14.9 Å². The second-order valence-electron chi connectivity index (χ2n) is 7.75. The molecule has 122 valence electrons. The molecule has 0 unspecified atom stereocenters. The zero-order valence-corrected chi connectivity index (χ0v) is 13.6. The third-order valence-corrected chi connectivity index (χ3v) is 6.33. The zero-order valence-electron chi connectivity index (χ0n) is 13.6. The number of carbonyl (C=O) groups is 1. The predicted molar refractivity (Wildman–Crippen MR) is 87.2 cm³/mol. The number of piperidine rings is 3. The van der Waals surface area contributed by atoms with Crippen LogP contribution in [-0.4, -0.2) is 46.5 Å². The van der Waals surface area contributed by atoms with Crippen LogP contribution in [0.1, 0.15) is 43.4 Å².